The van der Waals surface area contributed by atoms with Gasteiger partial charge in [0.25, 0.3) is 0 Å². The molecule has 3 rings (SSSR count). The number of likely N-dealkylation sites (tertiary alicyclic amines) is 1. The van der Waals surface area contributed by atoms with Gasteiger partial charge in [-0.2, -0.15) is 5.10 Å². The first-order chi connectivity index (χ1) is 10.8. The molecule has 0 aliphatic carbocycles. The zero-order valence-corrected chi connectivity index (χ0v) is 15.7. The van der Waals surface area contributed by atoms with Gasteiger partial charge in [0.2, 0.25) is 0 Å². The van der Waals surface area contributed by atoms with Crippen LogP contribution in [-0.4, -0.2) is 38.7 Å². The number of halogens is 1. The molecule has 2 heterocycles. The lowest BCUT2D eigenvalue weighted by Gasteiger charge is -2.30. The molecule has 0 spiro atoms. The number of nitrogens with zero attached hydrogens (tertiary/aromatic N) is 5. The summed E-state index contributed by atoms with van der Waals surface area (Å²) >= 11 is 0. The molecular formula is C16H23IN6. The van der Waals surface area contributed by atoms with Gasteiger partial charge in [0.1, 0.15) is 12.9 Å². The second-order valence-electron chi connectivity index (χ2n) is 5.51. The van der Waals surface area contributed by atoms with Crippen LogP contribution in [0.15, 0.2) is 41.7 Å². The molecule has 1 aliphatic heterocycles. The highest BCUT2D eigenvalue weighted by Gasteiger charge is 2.15. The van der Waals surface area contributed by atoms with Gasteiger partial charge in [0, 0.05) is 25.8 Å². The van der Waals surface area contributed by atoms with E-state index >= 15 is 0 Å². The first-order valence-electron chi connectivity index (χ1n) is 7.77. The SMILES string of the molecule is Cn1cnc(CN=C(Nc2ccccc2)N2CCCCC2)n1.I. The van der Waals surface area contributed by atoms with Crippen LogP contribution in [0.5, 0.6) is 0 Å². The molecule has 1 saturated heterocycles. The van der Waals surface area contributed by atoms with Crippen molar-refractivity contribution in [1.82, 2.24) is 19.7 Å². The first kappa shape index (κ1) is 17.7. The van der Waals surface area contributed by atoms with Crippen molar-refractivity contribution in [3.8, 4) is 0 Å². The van der Waals surface area contributed by atoms with Crippen molar-refractivity contribution in [1.29, 1.82) is 0 Å². The van der Waals surface area contributed by atoms with E-state index in [0.29, 0.717) is 6.54 Å². The molecule has 1 aliphatic rings. The van der Waals surface area contributed by atoms with Crippen molar-refractivity contribution in [3.63, 3.8) is 0 Å². The smallest absolute Gasteiger partial charge is 0.198 e. The molecule has 2 aromatic rings. The summed E-state index contributed by atoms with van der Waals surface area (Å²) in [7, 11) is 1.87. The third-order valence-corrected chi connectivity index (χ3v) is 3.70. The van der Waals surface area contributed by atoms with E-state index in [4.69, 9.17) is 4.99 Å². The maximum Gasteiger partial charge on any atom is 0.198 e. The molecule has 1 fully saturated rings. The Hall–Kier alpha value is -1.64. The predicted molar refractivity (Wildman–Crippen MR) is 103 cm³/mol. The number of aromatic nitrogens is 3. The largest absolute Gasteiger partial charge is 0.343 e. The number of para-hydroxylation sites is 1. The molecule has 23 heavy (non-hydrogen) atoms. The fourth-order valence-corrected chi connectivity index (χ4v) is 2.58. The van der Waals surface area contributed by atoms with Crippen molar-refractivity contribution < 1.29 is 0 Å². The van der Waals surface area contributed by atoms with E-state index in [0.717, 1.165) is 30.6 Å². The molecule has 1 N–H and O–H groups in total. The van der Waals surface area contributed by atoms with Gasteiger partial charge in [-0.15, -0.1) is 24.0 Å². The summed E-state index contributed by atoms with van der Waals surface area (Å²) in [6, 6.07) is 10.2. The second-order valence-corrected chi connectivity index (χ2v) is 5.51. The second kappa shape index (κ2) is 8.85. The van der Waals surface area contributed by atoms with Gasteiger partial charge in [0.05, 0.1) is 0 Å². The number of benzene rings is 1. The number of aryl methyl sites for hydroxylation is 1. The van der Waals surface area contributed by atoms with Crippen molar-refractivity contribution in [2.45, 2.75) is 25.8 Å². The molecule has 7 heteroatoms. The zero-order valence-electron chi connectivity index (χ0n) is 13.4. The minimum absolute atomic E-state index is 0. The predicted octanol–water partition coefficient (Wildman–Crippen LogP) is 2.89. The molecule has 0 unspecified atom stereocenters. The normalized spacial score (nSPS) is 15.2. The highest BCUT2D eigenvalue weighted by atomic mass is 127. The summed E-state index contributed by atoms with van der Waals surface area (Å²) in [6.45, 7) is 2.59. The van der Waals surface area contributed by atoms with E-state index in [1.807, 2.05) is 25.2 Å². The van der Waals surface area contributed by atoms with E-state index in [1.54, 1.807) is 11.0 Å². The lowest BCUT2D eigenvalue weighted by molar-refractivity contribution is 0.340. The topological polar surface area (TPSA) is 58.3 Å². The molecule has 124 valence electrons. The summed E-state index contributed by atoms with van der Waals surface area (Å²) in [5.41, 5.74) is 1.06. The number of hydrogen-bond donors (Lipinski definition) is 1. The zero-order chi connectivity index (χ0) is 15.2. The van der Waals surface area contributed by atoms with Crippen molar-refractivity contribution >= 4 is 35.6 Å². The van der Waals surface area contributed by atoms with Crippen LogP contribution in [0.3, 0.4) is 0 Å². The standard InChI is InChI=1S/C16H22N6.HI/c1-21-13-18-15(20-21)12-17-16(22-10-6-3-7-11-22)19-14-8-4-2-5-9-14;/h2,4-5,8-9,13H,3,6-7,10-12H2,1H3,(H,17,19);1H. The number of hydrogen-bond acceptors (Lipinski definition) is 3. The molecule has 0 amide bonds. The highest BCUT2D eigenvalue weighted by Crippen LogP contribution is 2.13. The lowest BCUT2D eigenvalue weighted by Crippen LogP contribution is -2.40. The molecule has 0 atom stereocenters. The summed E-state index contributed by atoms with van der Waals surface area (Å²) in [5, 5.41) is 7.73. The maximum atomic E-state index is 4.72. The Kier molecular flexibility index (Phi) is 6.82. The quantitative estimate of drug-likeness (QED) is 0.466. The first-order valence-corrected chi connectivity index (χ1v) is 7.77. The van der Waals surface area contributed by atoms with Gasteiger partial charge in [-0.1, -0.05) is 18.2 Å². The summed E-state index contributed by atoms with van der Waals surface area (Å²) in [4.78, 5) is 11.3. The number of aliphatic imine (C=N–C) groups is 1. The Balaban J connectivity index is 0.00000192. The Labute approximate surface area is 154 Å². The third kappa shape index (κ3) is 5.19. The average Bonchev–Trinajstić information content (AvgIpc) is 2.99. The van der Waals surface area contributed by atoms with Gasteiger partial charge in [-0.3, -0.25) is 4.68 Å². The van der Waals surface area contributed by atoms with Crippen LogP contribution in [0.25, 0.3) is 0 Å². The van der Waals surface area contributed by atoms with Crippen LogP contribution < -0.4 is 5.32 Å². The van der Waals surface area contributed by atoms with E-state index in [9.17, 15) is 0 Å². The molecule has 6 nitrogen and oxygen atoms in total. The van der Waals surface area contributed by atoms with Crippen molar-refractivity contribution in [3.05, 3.63) is 42.5 Å². The third-order valence-electron chi connectivity index (χ3n) is 3.70. The lowest BCUT2D eigenvalue weighted by atomic mass is 10.1. The van der Waals surface area contributed by atoms with Crippen LogP contribution in [0, 0.1) is 0 Å². The number of guanidine groups is 1. The minimum Gasteiger partial charge on any atom is -0.343 e. The maximum absolute atomic E-state index is 4.72. The fraction of sp³-hybridized carbons (Fsp3) is 0.438. The Morgan fingerprint density at radius 1 is 1.17 bits per heavy atom. The van der Waals surface area contributed by atoms with E-state index in [2.05, 4.69) is 32.4 Å². The van der Waals surface area contributed by atoms with E-state index < -0.39 is 0 Å². The molecule has 0 bridgehead atoms. The van der Waals surface area contributed by atoms with Crippen LogP contribution in [0.4, 0.5) is 5.69 Å². The van der Waals surface area contributed by atoms with Gasteiger partial charge in [0.15, 0.2) is 11.8 Å². The van der Waals surface area contributed by atoms with Crippen molar-refractivity contribution in [2.24, 2.45) is 12.0 Å². The molecule has 0 radical (unpaired) electrons. The fourth-order valence-electron chi connectivity index (χ4n) is 2.58. The average molecular weight is 426 g/mol. The highest BCUT2D eigenvalue weighted by molar-refractivity contribution is 14.0. The number of piperidine rings is 1. The van der Waals surface area contributed by atoms with Gasteiger partial charge < -0.3 is 10.2 Å². The molecule has 0 saturated carbocycles. The van der Waals surface area contributed by atoms with Gasteiger partial charge >= 0.3 is 0 Å². The molecule has 1 aromatic carbocycles. The van der Waals surface area contributed by atoms with Crippen LogP contribution in [0.2, 0.25) is 0 Å². The van der Waals surface area contributed by atoms with Crippen LogP contribution in [-0.2, 0) is 13.6 Å². The Bertz CT molecular complexity index is 619. The number of rotatable bonds is 3. The van der Waals surface area contributed by atoms with E-state index in [-0.39, 0.29) is 24.0 Å². The van der Waals surface area contributed by atoms with Crippen LogP contribution in [0.1, 0.15) is 25.1 Å². The summed E-state index contributed by atoms with van der Waals surface area (Å²) < 4.78 is 1.70. The van der Waals surface area contributed by atoms with E-state index in [1.165, 1.54) is 19.3 Å². The molecular weight excluding hydrogens is 403 g/mol. The summed E-state index contributed by atoms with van der Waals surface area (Å²) in [5.74, 6) is 1.66. The van der Waals surface area contributed by atoms with Gasteiger partial charge in [-0.05, 0) is 31.4 Å². The van der Waals surface area contributed by atoms with Crippen LogP contribution >= 0.6 is 24.0 Å². The minimum atomic E-state index is 0. The molecule has 1 aromatic heterocycles. The summed E-state index contributed by atoms with van der Waals surface area (Å²) in [6.07, 6.45) is 5.45. The number of nitrogens with one attached hydrogen (secondary N) is 1. The Morgan fingerprint density at radius 3 is 2.57 bits per heavy atom. The number of anilines is 1. The monoisotopic (exact) mass is 426 g/mol. The van der Waals surface area contributed by atoms with Crippen molar-refractivity contribution in [2.75, 3.05) is 18.4 Å². The van der Waals surface area contributed by atoms with Gasteiger partial charge in [-0.25, -0.2) is 9.98 Å². The Morgan fingerprint density at radius 2 is 1.91 bits per heavy atom.